The van der Waals surface area contributed by atoms with Gasteiger partial charge in [0.1, 0.15) is 17.7 Å². The summed E-state index contributed by atoms with van der Waals surface area (Å²) < 4.78 is 10.4. The van der Waals surface area contributed by atoms with Gasteiger partial charge in [0.05, 0.1) is 6.61 Å². The Bertz CT molecular complexity index is 402. The smallest absolute Gasteiger partial charge is 0.232 e. The quantitative estimate of drug-likeness (QED) is 0.726. The fraction of sp³-hybridized carbons (Fsp3) is 0.643. The van der Waals surface area contributed by atoms with Gasteiger partial charge in [-0.1, -0.05) is 25.4 Å². The van der Waals surface area contributed by atoms with E-state index in [0.29, 0.717) is 30.1 Å². The molecule has 1 heterocycles. The van der Waals surface area contributed by atoms with Crippen LogP contribution in [-0.4, -0.2) is 49.1 Å². The van der Waals surface area contributed by atoms with Crippen LogP contribution in [-0.2, 0) is 11.2 Å². The van der Waals surface area contributed by atoms with Gasteiger partial charge in [0.2, 0.25) is 5.88 Å². The monoisotopic (exact) mass is 302 g/mol. The van der Waals surface area contributed by atoms with Crippen molar-refractivity contribution in [2.45, 2.75) is 32.4 Å². The van der Waals surface area contributed by atoms with Crippen molar-refractivity contribution in [2.24, 2.45) is 0 Å². The van der Waals surface area contributed by atoms with E-state index in [-0.39, 0.29) is 6.61 Å². The van der Waals surface area contributed by atoms with Crippen LogP contribution in [0.2, 0.25) is 5.02 Å². The Balaban J connectivity index is 2.43. The Morgan fingerprint density at radius 2 is 2.20 bits per heavy atom. The summed E-state index contributed by atoms with van der Waals surface area (Å²) in [6.45, 7) is 5.29. The zero-order chi connectivity index (χ0) is 15.0. The molecule has 1 aromatic rings. The lowest BCUT2D eigenvalue weighted by Crippen LogP contribution is -2.35. The number of hydrogen-bond acceptors (Lipinski definition) is 5. The first kappa shape index (κ1) is 17.2. The molecule has 1 aromatic heterocycles. The van der Waals surface area contributed by atoms with E-state index >= 15 is 0 Å². The summed E-state index contributed by atoms with van der Waals surface area (Å²) in [6.07, 6.45) is 1.87. The van der Waals surface area contributed by atoms with Gasteiger partial charge < -0.3 is 19.9 Å². The molecule has 0 aliphatic rings. The normalized spacial score (nSPS) is 12.7. The van der Waals surface area contributed by atoms with Crippen LogP contribution in [0, 0.1) is 0 Å². The average Bonchev–Trinajstić information content (AvgIpc) is 2.41. The third kappa shape index (κ3) is 6.52. The zero-order valence-corrected chi connectivity index (χ0v) is 13.0. The molecular formula is C14H23ClN2O3. The topological polar surface area (TPSA) is 63.6 Å². The van der Waals surface area contributed by atoms with Crippen molar-refractivity contribution in [1.82, 2.24) is 10.3 Å². The summed E-state index contributed by atoms with van der Waals surface area (Å²) >= 11 is 6.09. The molecular weight excluding hydrogens is 280 g/mol. The van der Waals surface area contributed by atoms with Crippen LogP contribution in [0.4, 0.5) is 0 Å². The number of pyridine rings is 1. The van der Waals surface area contributed by atoms with Crippen LogP contribution >= 0.6 is 11.6 Å². The molecule has 0 saturated heterocycles. The zero-order valence-electron chi connectivity index (χ0n) is 12.2. The predicted molar refractivity (Wildman–Crippen MR) is 79.5 cm³/mol. The van der Waals surface area contributed by atoms with E-state index in [1.54, 1.807) is 13.3 Å². The van der Waals surface area contributed by atoms with Gasteiger partial charge in [0, 0.05) is 25.9 Å². The molecule has 0 aliphatic heterocycles. The number of hydrogen-bond donors (Lipinski definition) is 2. The number of aliphatic hydroxyl groups excluding tert-OH is 1. The van der Waals surface area contributed by atoms with Crippen molar-refractivity contribution in [3.05, 3.63) is 22.8 Å². The van der Waals surface area contributed by atoms with Crippen molar-refractivity contribution in [3.63, 3.8) is 0 Å². The molecule has 1 atom stereocenters. The number of aliphatic hydroxyl groups is 1. The lowest BCUT2D eigenvalue weighted by atomic mass is 10.2. The molecule has 1 rings (SSSR count). The summed E-state index contributed by atoms with van der Waals surface area (Å²) in [5.74, 6) is 0.344. The molecule has 0 amide bonds. The van der Waals surface area contributed by atoms with Gasteiger partial charge in [-0.05, 0) is 18.1 Å². The molecule has 114 valence electrons. The van der Waals surface area contributed by atoms with Crippen molar-refractivity contribution in [3.8, 4) is 5.88 Å². The SMILES string of the molecule is COCCc1cnc(OCC(O)CNC(C)C)c(Cl)c1. The van der Waals surface area contributed by atoms with Crippen LogP contribution in [0.5, 0.6) is 5.88 Å². The first-order chi connectivity index (χ1) is 9.52. The van der Waals surface area contributed by atoms with E-state index in [2.05, 4.69) is 10.3 Å². The summed E-state index contributed by atoms with van der Waals surface area (Å²) in [7, 11) is 1.65. The van der Waals surface area contributed by atoms with Crippen molar-refractivity contribution >= 4 is 11.6 Å². The predicted octanol–water partition coefficient (Wildman–Crippen LogP) is 1.66. The Labute approximate surface area is 125 Å². The Morgan fingerprint density at radius 1 is 1.45 bits per heavy atom. The largest absolute Gasteiger partial charge is 0.474 e. The highest BCUT2D eigenvalue weighted by Crippen LogP contribution is 2.22. The highest BCUT2D eigenvalue weighted by atomic mass is 35.5. The average molecular weight is 303 g/mol. The fourth-order valence-corrected chi connectivity index (χ4v) is 1.78. The Morgan fingerprint density at radius 3 is 2.80 bits per heavy atom. The lowest BCUT2D eigenvalue weighted by molar-refractivity contribution is 0.102. The second-order valence-corrected chi connectivity index (χ2v) is 5.31. The molecule has 0 radical (unpaired) electrons. The fourth-order valence-electron chi connectivity index (χ4n) is 1.53. The highest BCUT2D eigenvalue weighted by Gasteiger charge is 2.09. The number of methoxy groups -OCH3 is 1. The summed E-state index contributed by atoms with van der Waals surface area (Å²) in [5, 5.41) is 13.3. The Hall–Kier alpha value is -0.880. The van der Waals surface area contributed by atoms with E-state index in [1.165, 1.54) is 0 Å². The van der Waals surface area contributed by atoms with E-state index < -0.39 is 6.10 Å². The first-order valence-electron chi connectivity index (χ1n) is 6.70. The van der Waals surface area contributed by atoms with E-state index in [1.807, 2.05) is 19.9 Å². The van der Waals surface area contributed by atoms with E-state index in [0.717, 1.165) is 12.0 Å². The molecule has 2 N–H and O–H groups in total. The van der Waals surface area contributed by atoms with Crippen LogP contribution in [0.3, 0.4) is 0 Å². The number of ether oxygens (including phenoxy) is 2. The summed E-state index contributed by atoms with van der Waals surface area (Å²) in [5.41, 5.74) is 0.992. The Kier molecular flexibility index (Phi) is 7.84. The molecule has 0 aliphatic carbocycles. The summed E-state index contributed by atoms with van der Waals surface area (Å²) in [6, 6.07) is 2.13. The maximum Gasteiger partial charge on any atom is 0.232 e. The molecule has 0 spiro atoms. The highest BCUT2D eigenvalue weighted by molar-refractivity contribution is 6.31. The molecule has 0 aromatic carbocycles. The standard InChI is InChI=1S/C14H23ClN2O3/c1-10(2)16-8-12(18)9-20-14-13(15)6-11(7-17-14)4-5-19-3/h6-7,10,12,16,18H,4-5,8-9H2,1-3H3. The van der Waals surface area contributed by atoms with E-state index in [4.69, 9.17) is 21.1 Å². The van der Waals surface area contributed by atoms with Crippen LogP contribution in [0.1, 0.15) is 19.4 Å². The third-order valence-electron chi connectivity index (χ3n) is 2.63. The van der Waals surface area contributed by atoms with Gasteiger partial charge in [0.15, 0.2) is 0 Å². The number of rotatable bonds is 9. The van der Waals surface area contributed by atoms with Crippen LogP contribution in [0.15, 0.2) is 12.3 Å². The minimum absolute atomic E-state index is 0.157. The van der Waals surface area contributed by atoms with Crippen molar-refractivity contribution < 1.29 is 14.6 Å². The van der Waals surface area contributed by atoms with Crippen LogP contribution < -0.4 is 10.1 Å². The molecule has 6 heteroatoms. The number of nitrogens with one attached hydrogen (secondary N) is 1. The molecule has 0 saturated carbocycles. The van der Waals surface area contributed by atoms with Gasteiger partial charge in [-0.25, -0.2) is 4.98 Å². The second-order valence-electron chi connectivity index (χ2n) is 4.90. The minimum Gasteiger partial charge on any atom is -0.474 e. The molecule has 5 nitrogen and oxygen atoms in total. The van der Waals surface area contributed by atoms with Gasteiger partial charge >= 0.3 is 0 Å². The number of nitrogens with zero attached hydrogens (tertiary/aromatic N) is 1. The summed E-state index contributed by atoms with van der Waals surface area (Å²) in [4.78, 5) is 4.16. The molecule has 20 heavy (non-hydrogen) atoms. The second kappa shape index (κ2) is 9.13. The first-order valence-corrected chi connectivity index (χ1v) is 7.08. The maximum atomic E-state index is 9.75. The molecule has 0 bridgehead atoms. The molecule has 1 unspecified atom stereocenters. The lowest BCUT2D eigenvalue weighted by Gasteiger charge is -2.15. The van der Waals surface area contributed by atoms with Crippen molar-refractivity contribution in [2.75, 3.05) is 26.9 Å². The van der Waals surface area contributed by atoms with E-state index in [9.17, 15) is 5.11 Å². The van der Waals surface area contributed by atoms with Gasteiger partial charge in [0.25, 0.3) is 0 Å². The third-order valence-corrected chi connectivity index (χ3v) is 2.90. The number of aromatic nitrogens is 1. The van der Waals surface area contributed by atoms with Crippen molar-refractivity contribution in [1.29, 1.82) is 0 Å². The van der Waals surface area contributed by atoms with Crippen LogP contribution in [0.25, 0.3) is 0 Å². The number of halogens is 1. The molecule has 0 fully saturated rings. The maximum absolute atomic E-state index is 9.75. The van der Waals surface area contributed by atoms with Gasteiger partial charge in [-0.2, -0.15) is 0 Å². The van der Waals surface area contributed by atoms with Gasteiger partial charge in [-0.3, -0.25) is 0 Å². The van der Waals surface area contributed by atoms with Gasteiger partial charge in [-0.15, -0.1) is 0 Å². The minimum atomic E-state index is -0.594.